The molecule has 1 amide bonds. The van der Waals surface area contributed by atoms with E-state index in [4.69, 9.17) is 0 Å². The van der Waals surface area contributed by atoms with Gasteiger partial charge < -0.3 is 4.90 Å². The molecule has 0 aromatic carbocycles. The van der Waals surface area contributed by atoms with Crippen LogP contribution < -0.4 is 0 Å². The summed E-state index contributed by atoms with van der Waals surface area (Å²) < 4.78 is 38.0. The standard InChI is InChI=1S/C14H13F3N4OS/c15-14(16,17)11-8-23-12(20-11)10-2-1-5-21(7-10)13(22)9-3-4-18-19-6-9/h3-4,6,8,10H,1-2,5,7H2. The summed E-state index contributed by atoms with van der Waals surface area (Å²) in [7, 11) is 0. The lowest BCUT2D eigenvalue weighted by Crippen LogP contribution is -2.39. The number of halogens is 3. The van der Waals surface area contributed by atoms with Gasteiger partial charge in [-0.05, 0) is 18.9 Å². The first kappa shape index (κ1) is 15.9. The first-order valence-corrected chi connectivity index (χ1v) is 7.91. The SMILES string of the molecule is O=C(c1ccnnc1)N1CCCC(c2nc(C(F)(F)F)cs2)C1. The summed E-state index contributed by atoms with van der Waals surface area (Å²) in [5, 5.41) is 8.76. The summed E-state index contributed by atoms with van der Waals surface area (Å²) in [5.74, 6) is -0.346. The third kappa shape index (κ3) is 3.49. The van der Waals surface area contributed by atoms with Gasteiger partial charge in [0.15, 0.2) is 5.69 Å². The van der Waals surface area contributed by atoms with Crippen LogP contribution in [-0.4, -0.2) is 39.1 Å². The maximum atomic E-state index is 12.7. The second-order valence-electron chi connectivity index (χ2n) is 5.29. The zero-order valence-corrected chi connectivity index (χ0v) is 12.8. The Labute approximate surface area is 134 Å². The van der Waals surface area contributed by atoms with Gasteiger partial charge in [0.1, 0.15) is 0 Å². The van der Waals surface area contributed by atoms with Crippen LogP contribution in [0.25, 0.3) is 0 Å². The summed E-state index contributed by atoms with van der Waals surface area (Å²) in [4.78, 5) is 17.7. The molecule has 1 fully saturated rings. The lowest BCUT2D eigenvalue weighted by molar-refractivity contribution is -0.140. The first-order valence-electron chi connectivity index (χ1n) is 7.04. The van der Waals surface area contributed by atoms with Crippen molar-refractivity contribution in [3.63, 3.8) is 0 Å². The van der Waals surface area contributed by atoms with Crippen molar-refractivity contribution in [3.05, 3.63) is 40.1 Å². The summed E-state index contributed by atoms with van der Waals surface area (Å²) >= 11 is 1.00. The smallest absolute Gasteiger partial charge is 0.338 e. The number of rotatable bonds is 2. The number of carbonyl (C=O) groups excluding carboxylic acids is 1. The minimum absolute atomic E-state index is 0.163. The van der Waals surface area contributed by atoms with Crippen molar-refractivity contribution in [3.8, 4) is 0 Å². The molecule has 1 unspecified atom stereocenters. The molecular formula is C14H13F3N4OS. The number of aromatic nitrogens is 3. The van der Waals surface area contributed by atoms with Gasteiger partial charge in [-0.15, -0.1) is 11.3 Å². The molecule has 2 aromatic heterocycles. The lowest BCUT2D eigenvalue weighted by Gasteiger charge is -2.31. The van der Waals surface area contributed by atoms with Gasteiger partial charge >= 0.3 is 6.18 Å². The number of likely N-dealkylation sites (tertiary alicyclic amines) is 1. The van der Waals surface area contributed by atoms with Crippen LogP contribution in [0, 0.1) is 0 Å². The molecule has 3 heterocycles. The molecule has 23 heavy (non-hydrogen) atoms. The molecule has 1 saturated heterocycles. The quantitative estimate of drug-likeness (QED) is 0.842. The van der Waals surface area contributed by atoms with E-state index in [1.807, 2.05) is 0 Å². The Kier molecular flexibility index (Phi) is 4.29. The van der Waals surface area contributed by atoms with E-state index in [1.165, 1.54) is 12.4 Å². The molecular weight excluding hydrogens is 329 g/mol. The van der Waals surface area contributed by atoms with Crippen molar-refractivity contribution in [2.75, 3.05) is 13.1 Å². The molecule has 5 nitrogen and oxygen atoms in total. The van der Waals surface area contributed by atoms with Crippen molar-refractivity contribution in [1.29, 1.82) is 0 Å². The van der Waals surface area contributed by atoms with Crippen LogP contribution in [0.2, 0.25) is 0 Å². The van der Waals surface area contributed by atoms with Gasteiger partial charge in [0.05, 0.1) is 23.0 Å². The monoisotopic (exact) mass is 342 g/mol. The molecule has 0 spiro atoms. The lowest BCUT2D eigenvalue weighted by atomic mass is 9.98. The topological polar surface area (TPSA) is 59.0 Å². The van der Waals surface area contributed by atoms with Crippen molar-refractivity contribution in [2.24, 2.45) is 0 Å². The largest absolute Gasteiger partial charge is 0.434 e. The van der Waals surface area contributed by atoms with Crippen LogP contribution in [0.3, 0.4) is 0 Å². The second kappa shape index (κ2) is 6.23. The Morgan fingerprint density at radius 1 is 1.35 bits per heavy atom. The minimum Gasteiger partial charge on any atom is -0.338 e. The van der Waals surface area contributed by atoms with Crippen molar-refractivity contribution >= 4 is 17.2 Å². The molecule has 0 bridgehead atoms. The molecule has 0 radical (unpaired) electrons. The highest BCUT2D eigenvalue weighted by Crippen LogP contribution is 2.35. The van der Waals surface area contributed by atoms with Crippen LogP contribution in [0.15, 0.2) is 23.8 Å². The molecule has 1 atom stereocenters. The third-order valence-corrected chi connectivity index (χ3v) is 4.71. The molecule has 3 rings (SSSR count). The minimum atomic E-state index is -4.43. The van der Waals surface area contributed by atoms with Crippen LogP contribution in [0.4, 0.5) is 13.2 Å². The van der Waals surface area contributed by atoms with Crippen LogP contribution in [0.1, 0.15) is 39.8 Å². The third-order valence-electron chi connectivity index (χ3n) is 3.70. The molecule has 0 aliphatic carbocycles. The normalized spacial score (nSPS) is 18.9. The van der Waals surface area contributed by atoms with E-state index in [2.05, 4.69) is 15.2 Å². The molecule has 2 aromatic rings. The van der Waals surface area contributed by atoms with Gasteiger partial charge in [-0.2, -0.15) is 23.4 Å². The van der Waals surface area contributed by atoms with Gasteiger partial charge in [0.2, 0.25) is 0 Å². The Balaban J connectivity index is 1.73. The second-order valence-corrected chi connectivity index (χ2v) is 6.18. The zero-order chi connectivity index (χ0) is 16.4. The van der Waals surface area contributed by atoms with E-state index in [-0.39, 0.29) is 11.8 Å². The Bertz CT molecular complexity index is 689. The average Bonchev–Trinajstić information content (AvgIpc) is 3.05. The Morgan fingerprint density at radius 3 is 2.83 bits per heavy atom. The fourth-order valence-corrected chi connectivity index (χ4v) is 3.52. The van der Waals surface area contributed by atoms with Crippen molar-refractivity contribution < 1.29 is 18.0 Å². The van der Waals surface area contributed by atoms with E-state index < -0.39 is 11.9 Å². The van der Waals surface area contributed by atoms with Crippen molar-refractivity contribution in [1.82, 2.24) is 20.1 Å². The number of amides is 1. The molecule has 9 heteroatoms. The highest BCUT2D eigenvalue weighted by molar-refractivity contribution is 7.09. The molecule has 1 aliphatic rings. The predicted molar refractivity (Wildman–Crippen MR) is 77.0 cm³/mol. The number of alkyl halides is 3. The van der Waals surface area contributed by atoms with Crippen molar-refractivity contribution in [2.45, 2.75) is 24.9 Å². The van der Waals surface area contributed by atoms with E-state index >= 15 is 0 Å². The van der Waals surface area contributed by atoms with Gasteiger partial charge in [0.25, 0.3) is 5.91 Å². The summed E-state index contributed by atoms with van der Waals surface area (Å²) in [6, 6.07) is 1.57. The van der Waals surface area contributed by atoms with Crippen LogP contribution >= 0.6 is 11.3 Å². The maximum Gasteiger partial charge on any atom is 0.434 e. The number of thiazole rings is 1. The number of carbonyl (C=O) groups is 1. The maximum absolute atomic E-state index is 12.7. The highest BCUT2D eigenvalue weighted by Gasteiger charge is 2.35. The number of nitrogens with zero attached hydrogens (tertiary/aromatic N) is 4. The summed E-state index contributed by atoms with van der Waals surface area (Å²) in [6.45, 7) is 0.946. The molecule has 1 aliphatic heterocycles. The Hall–Kier alpha value is -2.03. The van der Waals surface area contributed by atoms with Gasteiger partial charge in [-0.25, -0.2) is 4.98 Å². The fraction of sp³-hybridized carbons (Fsp3) is 0.429. The molecule has 0 N–H and O–H groups in total. The molecule has 122 valence electrons. The summed E-state index contributed by atoms with van der Waals surface area (Å²) in [5.41, 5.74) is -0.435. The number of hydrogen-bond donors (Lipinski definition) is 0. The summed E-state index contributed by atoms with van der Waals surface area (Å²) in [6.07, 6.45) is -0.150. The van der Waals surface area contributed by atoms with Gasteiger partial charge in [-0.3, -0.25) is 4.79 Å². The average molecular weight is 342 g/mol. The highest BCUT2D eigenvalue weighted by atomic mass is 32.1. The first-order chi connectivity index (χ1) is 10.9. The van der Waals surface area contributed by atoms with E-state index in [0.717, 1.165) is 29.6 Å². The van der Waals surface area contributed by atoms with Gasteiger partial charge in [0, 0.05) is 24.4 Å². The number of hydrogen-bond acceptors (Lipinski definition) is 5. The number of piperidine rings is 1. The Morgan fingerprint density at radius 2 is 2.17 bits per heavy atom. The van der Waals surface area contributed by atoms with Crippen LogP contribution in [-0.2, 0) is 6.18 Å². The van der Waals surface area contributed by atoms with E-state index in [9.17, 15) is 18.0 Å². The predicted octanol–water partition coefficient (Wildman–Crippen LogP) is 2.97. The van der Waals surface area contributed by atoms with E-state index in [1.54, 1.807) is 11.0 Å². The van der Waals surface area contributed by atoms with Crippen LogP contribution in [0.5, 0.6) is 0 Å². The van der Waals surface area contributed by atoms with E-state index in [0.29, 0.717) is 23.7 Å². The molecule has 0 saturated carbocycles. The van der Waals surface area contributed by atoms with Gasteiger partial charge in [-0.1, -0.05) is 0 Å². The zero-order valence-electron chi connectivity index (χ0n) is 12.0. The fourth-order valence-electron chi connectivity index (χ4n) is 2.57.